The Bertz CT molecular complexity index is 1130. The number of hydrogen-bond acceptors (Lipinski definition) is 4. The predicted octanol–water partition coefficient (Wildman–Crippen LogP) is 8.39. The summed E-state index contributed by atoms with van der Waals surface area (Å²) in [7, 11) is 0. The fourth-order valence-corrected chi connectivity index (χ4v) is 8.21. The highest BCUT2D eigenvalue weighted by Crippen LogP contribution is 2.55. The Morgan fingerprint density at radius 1 is 0.464 bits per heavy atom. The SMILES string of the molecule is [c]1ccc2c(c1)Sc1cccc(-c3cccc4c3Sc3ccccc3S4)c1S2. The zero-order chi connectivity index (χ0) is 18.5. The molecule has 2 aliphatic rings. The van der Waals surface area contributed by atoms with Gasteiger partial charge in [0.15, 0.2) is 0 Å². The lowest BCUT2D eigenvalue weighted by molar-refractivity contribution is 1.13. The lowest BCUT2D eigenvalue weighted by atomic mass is 10.1. The monoisotopic (exact) mass is 429 g/mol. The van der Waals surface area contributed by atoms with E-state index in [1.54, 1.807) is 0 Å². The molecule has 0 atom stereocenters. The second-order valence-electron chi connectivity index (χ2n) is 6.49. The highest BCUT2D eigenvalue weighted by Gasteiger charge is 2.24. The summed E-state index contributed by atoms with van der Waals surface area (Å²) < 4.78 is 0. The molecule has 6 rings (SSSR count). The van der Waals surface area contributed by atoms with E-state index in [0.717, 1.165) is 0 Å². The van der Waals surface area contributed by atoms with Gasteiger partial charge in [0.2, 0.25) is 0 Å². The van der Waals surface area contributed by atoms with Crippen molar-refractivity contribution in [2.45, 2.75) is 39.2 Å². The van der Waals surface area contributed by atoms with Gasteiger partial charge in [-0.05, 0) is 53.6 Å². The van der Waals surface area contributed by atoms with Crippen molar-refractivity contribution in [2.75, 3.05) is 0 Å². The Hall–Kier alpha value is -1.72. The molecule has 0 unspecified atom stereocenters. The van der Waals surface area contributed by atoms with Crippen molar-refractivity contribution in [1.82, 2.24) is 0 Å². The van der Waals surface area contributed by atoms with Crippen LogP contribution >= 0.6 is 47.0 Å². The van der Waals surface area contributed by atoms with Crippen molar-refractivity contribution in [2.24, 2.45) is 0 Å². The highest BCUT2D eigenvalue weighted by molar-refractivity contribution is 8.05. The van der Waals surface area contributed by atoms with E-state index in [0.29, 0.717) is 0 Å². The quantitative estimate of drug-likeness (QED) is 0.257. The molecule has 0 spiro atoms. The summed E-state index contributed by atoms with van der Waals surface area (Å²) in [5, 5.41) is 0. The molecule has 0 aliphatic carbocycles. The maximum atomic E-state index is 3.21. The predicted molar refractivity (Wildman–Crippen MR) is 120 cm³/mol. The van der Waals surface area contributed by atoms with Gasteiger partial charge < -0.3 is 0 Å². The summed E-state index contributed by atoms with van der Waals surface area (Å²) in [4.78, 5) is 10.7. The Balaban J connectivity index is 1.50. The van der Waals surface area contributed by atoms with E-state index in [2.05, 4.69) is 78.9 Å². The lowest BCUT2D eigenvalue weighted by Gasteiger charge is -2.24. The zero-order valence-corrected chi connectivity index (χ0v) is 17.9. The first-order valence-electron chi connectivity index (χ1n) is 8.94. The Morgan fingerprint density at radius 2 is 1.00 bits per heavy atom. The Morgan fingerprint density at radius 3 is 1.68 bits per heavy atom. The van der Waals surface area contributed by atoms with E-state index in [-0.39, 0.29) is 0 Å². The first kappa shape index (κ1) is 17.2. The van der Waals surface area contributed by atoms with Crippen molar-refractivity contribution in [3.05, 3.63) is 84.9 Å². The lowest BCUT2D eigenvalue weighted by Crippen LogP contribution is -1.96. The molecule has 1 radical (unpaired) electrons. The van der Waals surface area contributed by atoms with Gasteiger partial charge in [-0.25, -0.2) is 0 Å². The third kappa shape index (κ3) is 2.82. The molecule has 133 valence electrons. The summed E-state index contributed by atoms with van der Waals surface area (Å²) in [6.45, 7) is 0. The van der Waals surface area contributed by atoms with Crippen molar-refractivity contribution >= 4 is 47.0 Å². The maximum absolute atomic E-state index is 3.21. The third-order valence-electron chi connectivity index (χ3n) is 4.75. The molecule has 2 aliphatic heterocycles. The molecule has 0 amide bonds. The van der Waals surface area contributed by atoms with E-state index >= 15 is 0 Å². The van der Waals surface area contributed by atoms with Crippen LogP contribution in [0.25, 0.3) is 11.1 Å². The van der Waals surface area contributed by atoms with Crippen LogP contribution in [0.4, 0.5) is 0 Å². The molecule has 0 nitrogen and oxygen atoms in total. The van der Waals surface area contributed by atoms with Crippen LogP contribution in [0.1, 0.15) is 0 Å². The van der Waals surface area contributed by atoms with Gasteiger partial charge in [-0.15, -0.1) is 0 Å². The largest absolute Gasteiger partial charge is 0.0877 e. The van der Waals surface area contributed by atoms with Crippen LogP contribution in [-0.4, -0.2) is 0 Å². The van der Waals surface area contributed by atoms with Crippen molar-refractivity contribution in [3.63, 3.8) is 0 Å². The van der Waals surface area contributed by atoms with Crippen LogP contribution in [0.3, 0.4) is 0 Å². The number of rotatable bonds is 1. The van der Waals surface area contributed by atoms with Crippen molar-refractivity contribution in [1.29, 1.82) is 0 Å². The van der Waals surface area contributed by atoms with Gasteiger partial charge in [0.05, 0.1) is 0 Å². The van der Waals surface area contributed by atoms with Gasteiger partial charge in [-0.2, -0.15) is 0 Å². The first-order valence-corrected chi connectivity index (χ1v) is 12.2. The van der Waals surface area contributed by atoms with Crippen molar-refractivity contribution in [3.8, 4) is 11.1 Å². The van der Waals surface area contributed by atoms with E-state index in [4.69, 9.17) is 0 Å². The average molecular weight is 430 g/mol. The minimum absolute atomic E-state index is 1.30. The van der Waals surface area contributed by atoms with Crippen LogP contribution in [0.5, 0.6) is 0 Å². The van der Waals surface area contributed by atoms with Gasteiger partial charge >= 0.3 is 0 Å². The average Bonchev–Trinajstić information content (AvgIpc) is 2.75. The minimum atomic E-state index is 1.30. The topological polar surface area (TPSA) is 0 Å². The van der Waals surface area contributed by atoms with E-state index < -0.39 is 0 Å². The summed E-state index contributed by atoms with van der Waals surface area (Å²) in [6.07, 6.45) is 0. The van der Waals surface area contributed by atoms with Gasteiger partial charge in [0.25, 0.3) is 0 Å². The summed E-state index contributed by atoms with van der Waals surface area (Å²) in [5.41, 5.74) is 2.67. The van der Waals surface area contributed by atoms with Crippen LogP contribution in [0.15, 0.2) is 118 Å². The molecule has 0 saturated heterocycles. The Kier molecular flexibility index (Phi) is 4.27. The smallest absolute Gasteiger partial charge is 0.0341 e. The molecule has 28 heavy (non-hydrogen) atoms. The summed E-state index contributed by atoms with van der Waals surface area (Å²) >= 11 is 7.52. The molecule has 0 saturated carbocycles. The van der Waals surface area contributed by atoms with Crippen LogP contribution in [0.2, 0.25) is 0 Å². The van der Waals surface area contributed by atoms with Crippen LogP contribution in [-0.2, 0) is 0 Å². The number of benzene rings is 4. The molecule has 4 aromatic rings. The fourth-order valence-electron chi connectivity index (χ4n) is 3.47. The molecule has 4 aromatic carbocycles. The van der Waals surface area contributed by atoms with Gasteiger partial charge in [0.1, 0.15) is 0 Å². The van der Waals surface area contributed by atoms with E-state index in [1.807, 2.05) is 53.1 Å². The summed E-state index contributed by atoms with van der Waals surface area (Å²) in [6, 6.07) is 31.6. The van der Waals surface area contributed by atoms with Gasteiger partial charge in [-0.1, -0.05) is 89.5 Å². The van der Waals surface area contributed by atoms with Gasteiger partial charge in [0, 0.05) is 39.2 Å². The third-order valence-corrected chi connectivity index (χ3v) is 9.96. The minimum Gasteiger partial charge on any atom is -0.0877 e. The number of fused-ring (bicyclic) bond motifs is 4. The summed E-state index contributed by atoms with van der Waals surface area (Å²) in [5.74, 6) is 0. The van der Waals surface area contributed by atoms with Crippen molar-refractivity contribution < 1.29 is 0 Å². The molecular weight excluding hydrogens is 417 g/mol. The fraction of sp³-hybridized carbons (Fsp3) is 0. The standard InChI is InChI=1S/C24H13S4/c1-3-11-19-17(9-1)25-21-13-5-7-15(23(21)27-19)16-8-6-14-22-24(16)28-20-12-4-2-10-18(20)26-22/h1,3-14H. The molecule has 0 N–H and O–H groups in total. The first-order chi connectivity index (χ1) is 13.9. The zero-order valence-electron chi connectivity index (χ0n) is 14.6. The molecule has 0 aromatic heterocycles. The van der Waals surface area contributed by atoms with E-state index in [1.165, 1.54) is 50.3 Å². The second kappa shape index (κ2) is 6.96. The highest BCUT2D eigenvalue weighted by atomic mass is 32.2. The molecule has 0 fully saturated rings. The molecule has 4 heteroatoms. The number of hydrogen-bond donors (Lipinski definition) is 0. The molecule has 2 heterocycles. The normalized spacial score (nSPS) is 13.9. The van der Waals surface area contributed by atoms with Gasteiger partial charge in [-0.3, -0.25) is 0 Å². The maximum Gasteiger partial charge on any atom is 0.0341 e. The van der Waals surface area contributed by atoms with Crippen LogP contribution < -0.4 is 0 Å². The van der Waals surface area contributed by atoms with Crippen LogP contribution in [0, 0.1) is 6.07 Å². The molecular formula is C24H13S4. The second-order valence-corrected chi connectivity index (χ2v) is 10.8. The van der Waals surface area contributed by atoms with E-state index in [9.17, 15) is 0 Å². The Labute approximate surface area is 181 Å². The molecule has 0 bridgehead atoms.